The number of carbonyl (C=O) groups is 1. The largest absolute Gasteiger partial charge is 0.325 e. The lowest BCUT2D eigenvalue weighted by Crippen LogP contribution is -2.13. The van der Waals surface area contributed by atoms with E-state index in [0.29, 0.717) is 16.0 Å². The maximum atomic E-state index is 12.0. The molecule has 3 rings (SSSR count). The van der Waals surface area contributed by atoms with Crippen LogP contribution in [-0.2, 0) is 4.79 Å². The molecule has 0 spiro atoms. The summed E-state index contributed by atoms with van der Waals surface area (Å²) in [6.07, 6.45) is 0. The highest BCUT2D eigenvalue weighted by molar-refractivity contribution is 9.10. The number of aromatic nitrogens is 3. The highest BCUT2D eigenvalue weighted by Gasteiger charge is 2.11. The number of nitrogens with zero attached hydrogens (tertiary/aromatic N) is 2. The fourth-order valence-corrected chi connectivity index (χ4v) is 3.03. The van der Waals surface area contributed by atoms with E-state index in [0.717, 1.165) is 15.7 Å². The van der Waals surface area contributed by atoms with Crippen molar-refractivity contribution in [1.29, 1.82) is 0 Å². The zero-order valence-corrected chi connectivity index (χ0v) is 15.5. The van der Waals surface area contributed by atoms with Crippen molar-refractivity contribution in [1.82, 2.24) is 15.2 Å². The summed E-state index contributed by atoms with van der Waals surface area (Å²) in [4.78, 5) is 16.3. The second-order valence-corrected chi connectivity index (χ2v) is 7.06. The molecule has 5 nitrogen and oxygen atoms in total. The summed E-state index contributed by atoms with van der Waals surface area (Å²) >= 11 is 10.7. The smallest absolute Gasteiger partial charge is 0.234 e. The van der Waals surface area contributed by atoms with Gasteiger partial charge in [0, 0.05) is 15.7 Å². The summed E-state index contributed by atoms with van der Waals surface area (Å²) in [5.74, 6) is 0.679. The van der Waals surface area contributed by atoms with Crippen LogP contribution in [0.3, 0.4) is 0 Å². The molecule has 122 valence electrons. The van der Waals surface area contributed by atoms with Crippen LogP contribution in [-0.4, -0.2) is 26.8 Å². The van der Waals surface area contributed by atoms with Gasteiger partial charge in [-0.1, -0.05) is 51.4 Å². The summed E-state index contributed by atoms with van der Waals surface area (Å²) < 4.78 is 0.961. The molecule has 0 aliphatic carbocycles. The lowest BCUT2D eigenvalue weighted by atomic mass is 10.2. The molecule has 3 aromatic rings. The third-order valence-electron chi connectivity index (χ3n) is 3.05. The molecular formula is C16H12BrClN4OS. The Kier molecular flexibility index (Phi) is 5.55. The van der Waals surface area contributed by atoms with Crippen molar-refractivity contribution < 1.29 is 4.79 Å². The number of hydrogen-bond acceptors (Lipinski definition) is 4. The third kappa shape index (κ3) is 4.37. The van der Waals surface area contributed by atoms with Gasteiger partial charge < -0.3 is 5.32 Å². The van der Waals surface area contributed by atoms with Crippen molar-refractivity contribution in [3.8, 4) is 11.4 Å². The number of rotatable bonds is 5. The van der Waals surface area contributed by atoms with Gasteiger partial charge in [-0.3, -0.25) is 9.89 Å². The van der Waals surface area contributed by atoms with Gasteiger partial charge in [-0.05, 0) is 36.4 Å². The van der Waals surface area contributed by atoms with Crippen molar-refractivity contribution in [3.05, 3.63) is 58.0 Å². The van der Waals surface area contributed by atoms with Crippen LogP contribution in [0.15, 0.2) is 58.2 Å². The molecular weight excluding hydrogens is 412 g/mol. The zero-order chi connectivity index (χ0) is 16.9. The van der Waals surface area contributed by atoms with E-state index < -0.39 is 0 Å². The van der Waals surface area contributed by atoms with Gasteiger partial charge in [0.05, 0.1) is 10.8 Å². The van der Waals surface area contributed by atoms with E-state index in [1.165, 1.54) is 11.8 Å². The molecule has 0 bridgehead atoms. The number of amides is 1. The number of halogens is 2. The van der Waals surface area contributed by atoms with Gasteiger partial charge >= 0.3 is 0 Å². The van der Waals surface area contributed by atoms with Crippen LogP contribution < -0.4 is 5.32 Å². The monoisotopic (exact) mass is 422 g/mol. The van der Waals surface area contributed by atoms with Crippen molar-refractivity contribution in [3.63, 3.8) is 0 Å². The Hall–Kier alpha value is -1.83. The van der Waals surface area contributed by atoms with Crippen LogP contribution in [0.25, 0.3) is 11.4 Å². The Bertz CT molecular complexity index is 853. The third-order valence-corrected chi connectivity index (χ3v) is 4.76. The lowest BCUT2D eigenvalue weighted by molar-refractivity contribution is -0.113. The van der Waals surface area contributed by atoms with Crippen LogP contribution in [0.5, 0.6) is 0 Å². The van der Waals surface area contributed by atoms with E-state index in [2.05, 4.69) is 36.4 Å². The first-order valence-corrected chi connectivity index (χ1v) is 9.13. The van der Waals surface area contributed by atoms with E-state index in [9.17, 15) is 4.79 Å². The maximum Gasteiger partial charge on any atom is 0.234 e. The Morgan fingerprint density at radius 2 is 1.96 bits per heavy atom. The van der Waals surface area contributed by atoms with Gasteiger partial charge in [0.15, 0.2) is 5.82 Å². The molecule has 0 saturated carbocycles. The van der Waals surface area contributed by atoms with Gasteiger partial charge in [0.1, 0.15) is 0 Å². The number of aromatic amines is 1. The zero-order valence-electron chi connectivity index (χ0n) is 12.3. The van der Waals surface area contributed by atoms with Gasteiger partial charge in [0.25, 0.3) is 0 Å². The average Bonchev–Trinajstić information content (AvgIpc) is 3.04. The minimum Gasteiger partial charge on any atom is -0.325 e. The molecule has 0 radical (unpaired) electrons. The molecule has 8 heteroatoms. The number of nitrogens with one attached hydrogen (secondary N) is 2. The summed E-state index contributed by atoms with van der Waals surface area (Å²) in [6, 6.07) is 14.8. The van der Waals surface area contributed by atoms with Crippen molar-refractivity contribution >= 4 is 50.9 Å². The Balaban J connectivity index is 1.58. The Labute approximate surface area is 156 Å². The average molecular weight is 424 g/mol. The number of anilines is 1. The summed E-state index contributed by atoms with van der Waals surface area (Å²) in [5, 5.41) is 10.9. The number of benzene rings is 2. The summed E-state index contributed by atoms with van der Waals surface area (Å²) in [7, 11) is 0. The lowest BCUT2D eigenvalue weighted by Gasteiger charge is -2.03. The van der Waals surface area contributed by atoms with Crippen LogP contribution in [0, 0.1) is 0 Å². The minimum atomic E-state index is -0.119. The number of hydrogen-bond donors (Lipinski definition) is 2. The maximum absolute atomic E-state index is 12.0. The fraction of sp³-hybridized carbons (Fsp3) is 0.0625. The topological polar surface area (TPSA) is 70.7 Å². The molecule has 2 N–H and O–H groups in total. The Morgan fingerprint density at radius 1 is 1.21 bits per heavy atom. The fourth-order valence-electron chi connectivity index (χ4n) is 1.95. The number of carbonyl (C=O) groups excluding carboxylic acids is 1. The van der Waals surface area contributed by atoms with Crippen LogP contribution in [0.2, 0.25) is 5.02 Å². The summed E-state index contributed by atoms with van der Waals surface area (Å²) in [5.41, 5.74) is 1.52. The van der Waals surface area contributed by atoms with Crippen molar-refractivity contribution in [2.45, 2.75) is 5.16 Å². The number of thioether (sulfide) groups is 1. The van der Waals surface area contributed by atoms with Crippen LogP contribution >= 0.6 is 39.3 Å². The molecule has 0 atom stereocenters. The van der Waals surface area contributed by atoms with E-state index in [1.807, 2.05) is 42.5 Å². The molecule has 0 fully saturated rings. The van der Waals surface area contributed by atoms with Crippen molar-refractivity contribution in [2.24, 2.45) is 0 Å². The van der Waals surface area contributed by atoms with E-state index in [-0.39, 0.29) is 11.7 Å². The molecule has 1 heterocycles. The standard InChI is InChI=1S/C16H12BrClN4OS/c17-10-5-7-11(8-6-10)19-14(23)9-24-16-20-15(21-22-16)12-3-1-2-4-13(12)18/h1-8H,9H2,(H,19,23)(H,20,21,22). The first-order valence-electron chi connectivity index (χ1n) is 6.97. The predicted molar refractivity (Wildman–Crippen MR) is 100 cm³/mol. The molecule has 1 amide bonds. The minimum absolute atomic E-state index is 0.119. The first kappa shape index (κ1) is 17.0. The van der Waals surface area contributed by atoms with E-state index >= 15 is 0 Å². The molecule has 2 aromatic carbocycles. The molecule has 0 unspecified atom stereocenters. The van der Waals surface area contributed by atoms with Gasteiger partial charge in [-0.2, -0.15) is 0 Å². The first-order chi connectivity index (χ1) is 11.6. The molecule has 24 heavy (non-hydrogen) atoms. The normalized spacial score (nSPS) is 10.6. The van der Waals surface area contributed by atoms with Gasteiger partial charge in [-0.25, -0.2) is 4.98 Å². The molecule has 0 aliphatic heterocycles. The van der Waals surface area contributed by atoms with Gasteiger partial charge in [-0.15, -0.1) is 5.10 Å². The predicted octanol–water partition coefficient (Wildman–Crippen LogP) is 4.62. The highest BCUT2D eigenvalue weighted by atomic mass is 79.9. The highest BCUT2D eigenvalue weighted by Crippen LogP contribution is 2.26. The summed E-state index contributed by atoms with van der Waals surface area (Å²) in [6.45, 7) is 0. The molecule has 0 aliphatic rings. The van der Waals surface area contributed by atoms with E-state index in [1.54, 1.807) is 6.07 Å². The molecule has 1 aromatic heterocycles. The SMILES string of the molecule is O=C(CSc1n[nH]c(-c2ccccc2Cl)n1)Nc1ccc(Br)cc1. The van der Waals surface area contributed by atoms with Crippen LogP contribution in [0.4, 0.5) is 5.69 Å². The molecule has 0 saturated heterocycles. The van der Waals surface area contributed by atoms with Gasteiger partial charge in [0.2, 0.25) is 11.1 Å². The second kappa shape index (κ2) is 7.83. The Morgan fingerprint density at radius 3 is 2.71 bits per heavy atom. The van der Waals surface area contributed by atoms with E-state index in [4.69, 9.17) is 11.6 Å². The quantitative estimate of drug-likeness (QED) is 0.588. The second-order valence-electron chi connectivity index (χ2n) is 4.79. The number of H-pyrrole nitrogens is 1. The van der Waals surface area contributed by atoms with Crippen molar-refractivity contribution in [2.75, 3.05) is 11.1 Å². The van der Waals surface area contributed by atoms with Crippen LogP contribution in [0.1, 0.15) is 0 Å².